The minimum absolute atomic E-state index is 0.739. The van der Waals surface area contributed by atoms with Crippen LogP contribution in [0.1, 0.15) is 52.4 Å². The second kappa shape index (κ2) is 5.31. The molecule has 2 heterocycles. The second-order valence-corrected chi connectivity index (χ2v) is 5.48. The summed E-state index contributed by atoms with van der Waals surface area (Å²) in [6.45, 7) is 7.28. The van der Waals surface area contributed by atoms with Crippen LogP contribution in [0.5, 0.6) is 0 Å². The van der Waals surface area contributed by atoms with Crippen molar-refractivity contribution in [1.82, 2.24) is 10.2 Å². The van der Waals surface area contributed by atoms with Crippen molar-refractivity contribution in [2.24, 2.45) is 0 Å². The van der Waals surface area contributed by atoms with Gasteiger partial charge in [-0.1, -0.05) is 12.8 Å². The molecule has 2 aliphatic heterocycles. The van der Waals surface area contributed by atoms with Crippen LogP contribution in [0.25, 0.3) is 0 Å². The van der Waals surface area contributed by atoms with E-state index in [-0.39, 0.29) is 0 Å². The normalized spacial score (nSPS) is 40.0. The van der Waals surface area contributed by atoms with Gasteiger partial charge in [-0.05, 0) is 46.1 Å². The fourth-order valence-corrected chi connectivity index (χ4v) is 3.11. The Kier molecular flexibility index (Phi) is 4.04. The predicted octanol–water partition coefficient (Wildman–Crippen LogP) is 2.39. The van der Waals surface area contributed by atoms with E-state index in [1.165, 1.54) is 51.6 Å². The Hall–Kier alpha value is -0.0800. The van der Waals surface area contributed by atoms with Gasteiger partial charge in [0.15, 0.2) is 0 Å². The molecule has 0 aromatic carbocycles. The molecule has 2 heteroatoms. The van der Waals surface area contributed by atoms with E-state index in [2.05, 4.69) is 24.1 Å². The summed E-state index contributed by atoms with van der Waals surface area (Å²) in [5.74, 6) is 0. The van der Waals surface area contributed by atoms with Crippen molar-refractivity contribution in [3.8, 4) is 0 Å². The number of rotatable bonds is 1. The lowest BCUT2D eigenvalue weighted by Gasteiger charge is -2.39. The molecule has 0 spiro atoms. The van der Waals surface area contributed by atoms with Gasteiger partial charge >= 0.3 is 0 Å². The fraction of sp³-hybridized carbons (Fsp3) is 1.00. The summed E-state index contributed by atoms with van der Waals surface area (Å²) in [4.78, 5) is 2.77. The highest BCUT2D eigenvalue weighted by Gasteiger charge is 2.27. The molecule has 2 fully saturated rings. The zero-order valence-electron chi connectivity index (χ0n) is 10.3. The van der Waals surface area contributed by atoms with E-state index in [0.717, 1.165) is 18.1 Å². The summed E-state index contributed by atoms with van der Waals surface area (Å²) < 4.78 is 0. The molecule has 2 nitrogen and oxygen atoms in total. The monoisotopic (exact) mass is 210 g/mol. The molecule has 0 radical (unpaired) electrons. The quantitative estimate of drug-likeness (QED) is 0.715. The zero-order chi connectivity index (χ0) is 10.7. The SMILES string of the molecule is CC1CCC(N2CCCCCC2C)CN1. The summed E-state index contributed by atoms with van der Waals surface area (Å²) >= 11 is 0. The molecule has 0 aromatic rings. The minimum atomic E-state index is 0.739. The standard InChI is InChI=1S/C13H26N2/c1-11-7-8-13(10-14-11)15-9-5-3-4-6-12(15)2/h11-14H,3-10H2,1-2H3. The largest absolute Gasteiger partial charge is 0.313 e. The van der Waals surface area contributed by atoms with Crippen LogP contribution < -0.4 is 5.32 Å². The van der Waals surface area contributed by atoms with Crippen LogP contribution in [0.15, 0.2) is 0 Å². The van der Waals surface area contributed by atoms with Crippen molar-refractivity contribution in [3.63, 3.8) is 0 Å². The molecule has 88 valence electrons. The molecule has 2 aliphatic rings. The van der Waals surface area contributed by atoms with Crippen molar-refractivity contribution in [2.45, 2.75) is 70.5 Å². The van der Waals surface area contributed by atoms with Crippen molar-refractivity contribution in [2.75, 3.05) is 13.1 Å². The molecule has 1 N–H and O–H groups in total. The maximum Gasteiger partial charge on any atom is 0.0224 e. The summed E-state index contributed by atoms with van der Waals surface area (Å²) in [6, 6.07) is 2.37. The highest BCUT2D eigenvalue weighted by molar-refractivity contribution is 4.85. The van der Waals surface area contributed by atoms with Crippen LogP contribution in [-0.4, -0.2) is 36.1 Å². The van der Waals surface area contributed by atoms with Crippen molar-refractivity contribution in [1.29, 1.82) is 0 Å². The lowest BCUT2D eigenvalue weighted by molar-refractivity contribution is 0.115. The second-order valence-electron chi connectivity index (χ2n) is 5.48. The lowest BCUT2D eigenvalue weighted by atomic mass is 9.99. The lowest BCUT2D eigenvalue weighted by Crippen LogP contribution is -2.51. The Labute approximate surface area is 94.4 Å². The van der Waals surface area contributed by atoms with Crippen molar-refractivity contribution < 1.29 is 0 Å². The molecule has 3 atom stereocenters. The number of piperidine rings is 1. The van der Waals surface area contributed by atoms with E-state index in [1.807, 2.05) is 0 Å². The third-order valence-corrected chi connectivity index (χ3v) is 4.21. The van der Waals surface area contributed by atoms with Gasteiger partial charge in [0.1, 0.15) is 0 Å². The summed E-state index contributed by atoms with van der Waals surface area (Å²) in [5, 5.41) is 3.63. The number of nitrogens with zero attached hydrogens (tertiary/aromatic N) is 1. The van der Waals surface area contributed by atoms with Gasteiger partial charge in [-0.15, -0.1) is 0 Å². The third-order valence-electron chi connectivity index (χ3n) is 4.21. The molecule has 0 bridgehead atoms. The molecule has 2 rings (SSSR count). The van der Waals surface area contributed by atoms with Crippen molar-refractivity contribution >= 4 is 0 Å². The highest BCUT2D eigenvalue weighted by Crippen LogP contribution is 2.22. The van der Waals surface area contributed by atoms with Gasteiger partial charge in [0, 0.05) is 24.7 Å². The molecule has 2 saturated heterocycles. The zero-order valence-corrected chi connectivity index (χ0v) is 10.3. The molecule has 0 aliphatic carbocycles. The van der Waals surface area contributed by atoms with Gasteiger partial charge in [0.25, 0.3) is 0 Å². The van der Waals surface area contributed by atoms with Gasteiger partial charge < -0.3 is 5.32 Å². The Morgan fingerprint density at radius 3 is 2.60 bits per heavy atom. The number of likely N-dealkylation sites (tertiary alicyclic amines) is 1. The molecular weight excluding hydrogens is 184 g/mol. The average molecular weight is 210 g/mol. The van der Waals surface area contributed by atoms with Crippen LogP contribution in [0.4, 0.5) is 0 Å². The Morgan fingerprint density at radius 1 is 1.00 bits per heavy atom. The van der Waals surface area contributed by atoms with Crippen LogP contribution in [0, 0.1) is 0 Å². The molecule has 0 amide bonds. The summed E-state index contributed by atoms with van der Waals surface area (Å²) in [5.41, 5.74) is 0. The fourth-order valence-electron chi connectivity index (χ4n) is 3.11. The van der Waals surface area contributed by atoms with Crippen LogP contribution in [0.2, 0.25) is 0 Å². The van der Waals surface area contributed by atoms with Gasteiger partial charge in [-0.3, -0.25) is 4.90 Å². The number of nitrogens with one attached hydrogen (secondary N) is 1. The van der Waals surface area contributed by atoms with Gasteiger partial charge in [-0.2, -0.15) is 0 Å². The van der Waals surface area contributed by atoms with E-state index >= 15 is 0 Å². The smallest absolute Gasteiger partial charge is 0.0224 e. The van der Waals surface area contributed by atoms with E-state index in [0.29, 0.717) is 0 Å². The predicted molar refractivity (Wildman–Crippen MR) is 65.1 cm³/mol. The molecule has 3 unspecified atom stereocenters. The summed E-state index contributed by atoms with van der Waals surface area (Å²) in [7, 11) is 0. The molecular formula is C13H26N2. The van der Waals surface area contributed by atoms with Gasteiger partial charge in [0.2, 0.25) is 0 Å². The van der Waals surface area contributed by atoms with E-state index in [1.54, 1.807) is 0 Å². The van der Waals surface area contributed by atoms with E-state index in [9.17, 15) is 0 Å². The summed E-state index contributed by atoms with van der Waals surface area (Å²) in [6.07, 6.45) is 8.46. The van der Waals surface area contributed by atoms with Crippen LogP contribution >= 0.6 is 0 Å². The maximum absolute atomic E-state index is 3.63. The Balaban J connectivity index is 1.89. The first-order chi connectivity index (χ1) is 7.27. The molecule has 15 heavy (non-hydrogen) atoms. The van der Waals surface area contributed by atoms with E-state index < -0.39 is 0 Å². The first kappa shape index (κ1) is 11.4. The van der Waals surface area contributed by atoms with Crippen LogP contribution in [0.3, 0.4) is 0 Å². The third kappa shape index (κ3) is 2.94. The average Bonchev–Trinajstić information content (AvgIpc) is 2.44. The highest BCUT2D eigenvalue weighted by atomic mass is 15.2. The first-order valence-corrected chi connectivity index (χ1v) is 6.76. The Morgan fingerprint density at radius 2 is 1.87 bits per heavy atom. The van der Waals surface area contributed by atoms with Crippen LogP contribution in [-0.2, 0) is 0 Å². The molecule has 0 aromatic heterocycles. The van der Waals surface area contributed by atoms with Gasteiger partial charge in [0.05, 0.1) is 0 Å². The van der Waals surface area contributed by atoms with Gasteiger partial charge in [-0.25, -0.2) is 0 Å². The van der Waals surface area contributed by atoms with Crippen molar-refractivity contribution in [3.05, 3.63) is 0 Å². The minimum Gasteiger partial charge on any atom is -0.313 e. The molecule has 0 saturated carbocycles. The topological polar surface area (TPSA) is 15.3 Å². The first-order valence-electron chi connectivity index (χ1n) is 6.76. The Bertz CT molecular complexity index is 185. The number of hydrogen-bond acceptors (Lipinski definition) is 2. The number of hydrogen-bond donors (Lipinski definition) is 1. The van der Waals surface area contributed by atoms with E-state index in [4.69, 9.17) is 0 Å². The maximum atomic E-state index is 3.63.